The van der Waals surface area contributed by atoms with Crippen LogP contribution in [0.5, 0.6) is 0 Å². The van der Waals surface area contributed by atoms with E-state index in [1.54, 1.807) is 4.90 Å². The van der Waals surface area contributed by atoms with Crippen molar-refractivity contribution in [2.24, 2.45) is 11.3 Å². The van der Waals surface area contributed by atoms with E-state index >= 15 is 0 Å². The third-order valence-corrected chi connectivity index (χ3v) is 5.96. The molecule has 8 heteroatoms. The number of rotatable bonds is 3. The maximum Gasteiger partial charge on any atom is 0.416 e. The van der Waals surface area contributed by atoms with Gasteiger partial charge in [-0.1, -0.05) is 30.3 Å². The van der Waals surface area contributed by atoms with Gasteiger partial charge in [-0.2, -0.15) is 0 Å². The van der Waals surface area contributed by atoms with Gasteiger partial charge in [-0.25, -0.2) is 14.5 Å². The maximum absolute atomic E-state index is 13.2. The number of hydrogen-bond donors (Lipinski definition) is 0. The average molecular weight is 415 g/mol. The van der Waals surface area contributed by atoms with Gasteiger partial charge in [-0.05, 0) is 26.3 Å². The number of carbonyl (C=O) groups is 3. The first-order chi connectivity index (χ1) is 14.2. The molecular formula is C22H29N3O5. The second kappa shape index (κ2) is 7.58. The molecule has 1 atom stereocenters. The van der Waals surface area contributed by atoms with Crippen LogP contribution in [0.2, 0.25) is 0 Å². The first-order valence-electron chi connectivity index (χ1n) is 10.4. The van der Waals surface area contributed by atoms with Crippen LogP contribution in [0.25, 0.3) is 0 Å². The summed E-state index contributed by atoms with van der Waals surface area (Å²) in [5, 5.41) is 0. The molecule has 3 aliphatic heterocycles. The van der Waals surface area contributed by atoms with Crippen LogP contribution < -0.4 is 0 Å². The summed E-state index contributed by atoms with van der Waals surface area (Å²) >= 11 is 0. The highest BCUT2D eigenvalue weighted by Gasteiger charge is 2.59. The molecule has 30 heavy (non-hydrogen) atoms. The van der Waals surface area contributed by atoms with Crippen molar-refractivity contribution < 1.29 is 23.9 Å². The van der Waals surface area contributed by atoms with Gasteiger partial charge in [0.2, 0.25) is 5.91 Å². The molecule has 0 radical (unpaired) electrons. The van der Waals surface area contributed by atoms with E-state index in [4.69, 9.17) is 9.47 Å². The number of likely N-dealkylation sites (tertiary alicyclic amines) is 2. The van der Waals surface area contributed by atoms with E-state index in [0.29, 0.717) is 32.7 Å². The molecular weight excluding hydrogens is 386 g/mol. The van der Waals surface area contributed by atoms with E-state index in [9.17, 15) is 14.4 Å². The maximum atomic E-state index is 13.2. The van der Waals surface area contributed by atoms with Crippen LogP contribution >= 0.6 is 0 Å². The minimum absolute atomic E-state index is 0.197. The van der Waals surface area contributed by atoms with Gasteiger partial charge < -0.3 is 14.4 Å². The molecule has 3 heterocycles. The highest BCUT2D eigenvalue weighted by molar-refractivity contribution is 5.95. The zero-order valence-corrected chi connectivity index (χ0v) is 17.8. The standard InChI is InChI=1S/C22H29N3O5/c1-21(2,3)30-19(27)24-14-22(15-24)13-23(11-16-7-5-4-6-8-16)12-17(22)18(26)25-9-10-29-20(25)28/h4-8,17H,9-15H2,1-3H3/t17-/m0/s1. The smallest absolute Gasteiger partial charge is 0.416 e. The summed E-state index contributed by atoms with van der Waals surface area (Å²) in [5.74, 6) is -0.553. The lowest BCUT2D eigenvalue weighted by Gasteiger charge is -2.50. The predicted molar refractivity (Wildman–Crippen MR) is 109 cm³/mol. The third-order valence-electron chi connectivity index (χ3n) is 5.96. The molecule has 3 amide bonds. The van der Waals surface area contributed by atoms with Gasteiger partial charge in [0.25, 0.3) is 0 Å². The van der Waals surface area contributed by atoms with Crippen LogP contribution in [0, 0.1) is 11.3 Å². The highest BCUT2D eigenvalue weighted by Crippen LogP contribution is 2.46. The van der Waals surface area contributed by atoms with E-state index in [-0.39, 0.29) is 29.9 Å². The fourth-order valence-electron chi connectivity index (χ4n) is 4.65. The van der Waals surface area contributed by atoms with E-state index in [1.807, 2.05) is 39.0 Å². The van der Waals surface area contributed by atoms with Gasteiger partial charge in [0.1, 0.15) is 12.2 Å². The van der Waals surface area contributed by atoms with E-state index < -0.39 is 11.7 Å². The Morgan fingerprint density at radius 3 is 2.47 bits per heavy atom. The van der Waals surface area contributed by atoms with Gasteiger partial charge in [0, 0.05) is 38.1 Å². The largest absolute Gasteiger partial charge is 0.447 e. The van der Waals surface area contributed by atoms with Crippen LogP contribution in [-0.2, 0) is 20.8 Å². The Balaban J connectivity index is 1.49. The number of imide groups is 1. The SMILES string of the molecule is CC(C)(C)OC(=O)N1CC2(CN(Cc3ccccc3)C[C@H]2C(=O)N2CCOC2=O)C1. The normalized spacial score (nSPS) is 23.4. The number of hydrogen-bond acceptors (Lipinski definition) is 6. The monoisotopic (exact) mass is 415 g/mol. The Kier molecular flexibility index (Phi) is 5.22. The summed E-state index contributed by atoms with van der Waals surface area (Å²) in [6, 6.07) is 10.1. The molecule has 0 bridgehead atoms. The zero-order chi connectivity index (χ0) is 21.5. The lowest BCUT2D eigenvalue weighted by Crippen LogP contribution is -2.64. The number of benzene rings is 1. The fraction of sp³-hybridized carbons (Fsp3) is 0.591. The van der Waals surface area contributed by atoms with E-state index in [2.05, 4.69) is 17.0 Å². The van der Waals surface area contributed by atoms with Gasteiger partial charge in [0.15, 0.2) is 0 Å². The summed E-state index contributed by atoms with van der Waals surface area (Å²) in [4.78, 5) is 42.8. The molecule has 1 aromatic carbocycles. The van der Waals surface area contributed by atoms with Crippen LogP contribution in [0.15, 0.2) is 30.3 Å². The molecule has 1 spiro atoms. The number of carbonyl (C=O) groups excluding carboxylic acids is 3. The minimum Gasteiger partial charge on any atom is -0.447 e. The number of ether oxygens (including phenoxy) is 2. The van der Waals surface area contributed by atoms with E-state index in [1.165, 1.54) is 10.5 Å². The number of nitrogens with zero attached hydrogens (tertiary/aromatic N) is 3. The Labute approximate surface area is 176 Å². The van der Waals surface area contributed by atoms with Gasteiger partial charge in [-0.3, -0.25) is 9.69 Å². The molecule has 3 aliphatic rings. The van der Waals surface area contributed by atoms with Gasteiger partial charge in [0.05, 0.1) is 12.5 Å². The summed E-state index contributed by atoms with van der Waals surface area (Å²) in [7, 11) is 0. The molecule has 3 saturated heterocycles. The van der Waals surface area contributed by atoms with Gasteiger partial charge >= 0.3 is 12.2 Å². The molecule has 0 N–H and O–H groups in total. The molecule has 0 unspecified atom stereocenters. The van der Waals surface area contributed by atoms with Crippen molar-refractivity contribution in [3.63, 3.8) is 0 Å². The first-order valence-corrected chi connectivity index (χ1v) is 10.4. The molecule has 8 nitrogen and oxygen atoms in total. The molecule has 0 saturated carbocycles. The van der Waals surface area contributed by atoms with Crippen LogP contribution in [0.3, 0.4) is 0 Å². The van der Waals surface area contributed by atoms with Crippen molar-refractivity contribution in [1.29, 1.82) is 0 Å². The number of cyclic esters (lactones) is 1. The van der Waals surface area contributed by atoms with Gasteiger partial charge in [-0.15, -0.1) is 0 Å². The van der Waals surface area contributed by atoms with E-state index in [0.717, 1.165) is 6.54 Å². The molecule has 0 aromatic heterocycles. The second-order valence-corrected chi connectivity index (χ2v) is 9.51. The summed E-state index contributed by atoms with van der Waals surface area (Å²) in [5.41, 5.74) is 0.235. The van der Waals surface area contributed by atoms with Crippen LogP contribution in [-0.4, -0.2) is 77.7 Å². The summed E-state index contributed by atoms with van der Waals surface area (Å²) in [6.07, 6.45) is -0.929. The Hall–Kier alpha value is -2.61. The molecule has 1 aromatic rings. The number of amides is 3. The molecule has 3 fully saturated rings. The van der Waals surface area contributed by atoms with Crippen molar-refractivity contribution in [1.82, 2.24) is 14.7 Å². The minimum atomic E-state index is -0.569. The van der Waals surface area contributed by atoms with Crippen molar-refractivity contribution in [2.45, 2.75) is 32.9 Å². The Morgan fingerprint density at radius 2 is 1.87 bits per heavy atom. The highest BCUT2D eigenvalue weighted by atomic mass is 16.6. The van der Waals surface area contributed by atoms with Crippen molar-refractivity contribution >= 4 is 18.1 Å². The van der Waals surface area contributed by atoms with Crippen molar-refractivity contribution in [3.05, 3.63) is 35.9 Å². The summed E-state index contributed by atoms with van der Waals surface area (Å²) in [6.45, 7) is 8.91. The second-order valence-electron chi connectivity index (χ2n) is 9.51. The van der Waals surface area contributed by atoms with Crippen LogP contribution in [0.1, 0.15) is 26.3 Å². The first kappa shape index (κ1) is 20.7. The Morgan fingerprint density at radius 1 is 1.17 bits per heavy atom. The Bertz CT molecular complexity index is 829. The molecule has 4 rings (SSSR count). The van der Waals surface area contributed by atoms with Crippen molar-refractivity contribution in [3.8, 4) is 0 Å². The van der Waals surface area contributed by atoms with Crippen LogP contribution in [0.4, 0.5) is 9.59 Å². The topological polar surface area (TPSA) is 79.4 Å². The average Bonchev–Trinajstić information content (AvgIpc) is 3.23. The lowest BCUT2D eigenvalue weighted by molar-refractivity contribution is -0.139. The van der Waals surface area contributed by atoms with Crippen molar-refractivity contribution in [2.75, 3.05) is 39.3 Å². The quantitative estimate of drug-likeness (QED) is 0.754. The lowest BCUT2D eigenvalue weighted by atomic mass is 9.71. The zero-order valence-electron chi connectivity index (χ0n) is 17.8. The summed E-state index contributed by atoms with van der Waals surface area (Å²) < 4.78 is 10.5. The molecule has 162 valence electrons. The predicted octanol–water partition coefficient (Wildman–Crippen LogP) is 2.33. The molecule has 0 aliphatic carbocycles. The fourth-order valence-corrected chi connectivity index (χ4v) is 4.65. The third kappa shape index (κ3) is 4.01.